The molecule has 30 heavy (non-hydrogen) atoms. The molecule has 0 aromatic carbocycles. The minimum atomic E-state index is -0.779. The van der Waals surface area contributed by atoms with Crippen LogP contribution >= 0.6 is 0 Å². The van der Waals surface area contributed by atoms with Gasteiger partial charge in [0, 0.05) is 57.7 Å². The lowest BCUT2D eigenvalue weighted by molar-refractivity contribution is -0.120. The minimum absolute atomic E-state index is 0.0222. The first kappa shape index (κ1) is 21.3. The number of β-amino-alcohol motifs (C(OH)–C–C–N with tert-alkyl or cyclic N) is 1. The number of aryl methyl sites for hydroxylation is 1. The Hall–Kier alpha value is -1.93. The molecule has 1 atom stereocenters. The molecule has 2 saturated heterocycles. The van der Waals surface area contributed by atoms with E-state index in [1.54, 1.807) is 6.92 Å². The van der Waals surface area contributed by atoms with Crippen molar-refractivity contribution in [3.8, 4) is 0 Å². The van der Waals surface area contributed by atoms with Crippen molar-refractivity contribution in [1.82, 2.24) is 20.3 Å². The topological polar surface area (TPSA) is 98.9 Å². The number of piperidine rings is 1. The summed E-state index contributed by atoms with van der Waals surface area (Å²) in [4.78, 5) is 28.5. The molecule has 3 aliphatic rings. The number of likely N-dealkylation sites (tertiary alicyclic amines) is 2. The van der Waals surface area contributed by atoms with Gasteiger partial charge in [0.2, 0.25) is 5.91 Å². The summed E-state index contributed by atoms with van der Waals surface area (Å²) in [6.07, 6.45) is 7.78. The van der Waals surface area contributed by atoms with Crippen LogP contribution < -0.4 is 5.32 Å². The van der Waals surface area contributed by atoms with Crippen LogP contribution in [0.2, 0.25) is 0 Å². The van der Waals surface area contributed by atoms with E-state index in [1.807, 2.05) is 4.90 Å². The number of fused-ring (bicyclic) bond motifs is 1. The number of carbonyl (C=O) groups is 2. The molecule has 2 amide bonds. The van der Waals surface area contributed by atoms with Gasteiger partial charge in [0.25, 0.3) is 5.91 Å². The Bertz CT molecular complexity index is 771. The van der Waals surface area contributed by atoms with Crippen LogP contribution in [0.4, 0.5) is 0 Å². The van der Waals surface area contributed by atoms with Gasteiger partial charge in [-0.05, 0) is 51.4 Å². The molecular formula is C22H34N4O4. The Morgan fingerprint density at radius 3 is 2.67 bits per heavy atom. The van der Waals surface area contributed by atoms with Crippen LogP contribution in [0.3, 0.4) is 0 Å². The summed E-state index contributed by atoms with van der Waals surface area (Å²) < 4.78 is 5.42. The van der Waals surface area contributed by atoms with Crippen molar-refractivity contribution >= 4 is 11.8 Å². The maximum absolute atomic E-state index is 13.1. The SMILES string of the molecule is CC(=O)NC1CCN(C[C@]2(O)CCCN(C(=O)c3noc4c3CCCC4)CC2)CC1. The number of aromatic nitrogens is 1. The van der Waals surface area contributed by atoms with Gasteiger partial charge in [-0.1, -0.05) is 5.16 Å². The summed E-state index contributed by atoms with van der Waals surface area (Å²) in [6.45, 7) is 5.12. The van der Waals surface area contributed by atoms with Crippen LogP contribution in [0.25, 0.3) is 0 Å². The number of nitrogens with one attached hydrogen (secondary N) is 1. The number of hydrogen-bond donors (Lipinski definition) is 2. The Labute approximate surface area is 177 Å². The van der Waals surface area contributed by atoms with Crippen molar-refractivity contribution in [2.24, 2.45) is 0 Å². The predicted octanol–water partition coefficient (Wildman–Crippen LogP) is 1.51. The van der Waals surface area contributed by atoms with Gasteiger partial charge >= 0.3 is 0 Å². The van der Waals surface area contributed by atoms with E-state index in [0.717, 1.165) is 69.4 Å². The molecule has 0 saturated carbocycles. The molecule has 8 nitrogen and oxygen atoms in total. The summed E-state index contributed by atoms with van der Waals surface area (Å²) in [7, 11) is 0. The number of amides is 2. The summed E-state index contributed by atoms with van der Waals surface area (Å²) >= 11 is 0. The predicted molar refractivity (Wildman–Crippen MR) is 111 cm³/mol. The van der Waals surface area contributed by atoms with Crippen LogP contribution in [0.5, 0.6) is 0 Å². The summed E-state index contributed by atoms with van der Waals surface area (Å²) in [5, 5.41) is 18.3. The van der Waals surface area contributed by atoms with E-state index in [-0.39, 0.29) is 17.9 Å². The standard InChI is InChI=1S/C22H34N4O4/c1-16(27)23-17-7-12-25(13-8-17)15-22(29)9-4-11-26(14-10-22)21(28)20-18-5-2-3-6-19(18)30-24-20/h17,29H,2-15H2,1H3,(H,23,27)/t22-/m0/s1. The average molecular weight is 419 g/mol. The molecule has 2 aliphatic heterocycles. The fourth-order valence-corrected chi connectivity index (χ4v) is 5.18. The zero-order chi connectivity index (χ0) is 21.1. The zero-order valence-electron chi connectivity index (χ0n) is 18.0. The van der Waals surface area contributed by atoms with Crippen molar-refractivity contribution in [1.29, 1.82) is 0 Å². The molecule has 1 aromatic heterocycles. The van der Waals surface area contributed by atoms with E-state index >= 15 is 0 Å². The summed E-state index contributed by atoms with van der Waals surface area (Å²) in [5.74, 6) is 0.842. The maximum atomic E-state index is 13.1. The van der Waals surface area contributed by atoms with Crippen molar-refractivity contribution in [3.63, 3.8) is 0 Å². The molecule has 166 valence electrons. The molecular weight excluding hydrogens is 384 g/mol. The van der Waals surface area contributed by atoms with E-state index in [0.29, 0.717) is 38.2 Å². The monoisotopic (exact) mass is 418 g/mol. The van der Waals surface area contributed by atoms with E-state index in [4.69, 9.17) is 4.52 Å². The Kier molecular flexibility index (Phi) is 6.43. The van der Waals surface area contributed by atoms with Gasteiger partial charge in [0.15, 0.2) is 5.69 Å². The van der Waals surface area contributed by atoms with Crippen LogP contribution in [-0.2, 0) is 17.6 Å². The second kappa shape index (κ2) is 9.06. The van der Waals surface area contributed by atoms with E-state index < -0.39 is 5.60 Å². The molecule has 2 fully saturated rings. The average Bonchev–Trinajstić information content (AvgIpc) is 3.06. The zero-order valence-corrected chi connectivity index (χ0v) is 18.0. The Morgan fingerprint density at radius 1 is 1.13 bits per heavy atom. The second-order valence-electron chi connectivity index (χ2n) is 9.26. The third-order valence-corrected chi connectivity index (χ3v) is 6.87. The first-order chi connectivity index (χ1) is 14.4. The lowest BCUT2D eigenvalue weighted by atomic mass is 9.93. The first-order valence-corrected chi connectivity index (χ1v) is 11.4. The highest BCUT2D eigenvalue weighted by Crippen LogP contribution is 2.28. The maximum Gasteiger partial charge on any atom is 0.276 e. The minimum Gasteiger partial charge on any atom is -0.388 e. The summed E-state index contributed by atoms with van der Waals surface area (Å²) in [6, 6.07) is 0.240. The van der Waals surface area contributed by atoms with Crippen molar-refractivity contribution in [2.75, 3.05) is 32.7 Å². The Balaban J connectivity index is 1.32. The molecule has 0 bridgehead atoms. The highest BCUT2D eigenvalue weighted by molar-refractivity contribution is 5.94. The number of carbonyl (C=O) groups excluding carboxylic acids is 2. The first-order valence-electron chi connectivity index (χ1n) is 11.4. The summed E-state index contributed by atoms with van der Waals surface area (Å²) in [5.41, 5.74) is 0.696. The largest absolute Gasteiger partial charge is 0.388 e. The number of rotatable bonds is 4. The van der Waals surface area contributed by atoms with Crippen LogP contribution in [0.15, 0.2) is 4.52 Å². The van der Waals surface area contributed by atoms with Crippen molar-refractivity contribution < 1.29 is 19.2 Å². The third kappa shape index (κ3) is 4.86. The highest BCUT2D eigenvalue weighted by Gasteiger charge is 2.36. The van der Waals surface area contributed by atoms with Crippen molar-refractivity contribution in [2.45, 2.75) is 76.4 Å². The fourth-order valence-electron chi connectivity index (χ4n) is 5.18. The molecule has 8 heteroatoms. The molecule has 0 spiro atoms. The van der Waals surface area contributed by atoms with Crippen LogP contribution in [0, 0.1) is 0 Å². The van der Waals surface area contributed by atoms with Gasteiger partial charge in [-0.2, -0.15) is 0 Å². The van der Waals surface area contributed by atoms with Crippen LogP contribution in [-0.4, -0.2) is 76.2 Å². The molecule has 1 aromatic rings. The molecule has 4 rings (SSSR count). The van der Waals surface area contributed by atoms with Crippen LogP contribution in [0.1, 0.15) is 73.7 Å². The van der Waals surface area contributed by atoms with Gasteiger partial charge in [-0.3, -0.25) is 9.59 Å². The van der Waals surface area contributed by atoms with Crippen molar-refractivity contribution in [3.05, 3.63) is 17.0 Å². The Morgan fingerprint density at radius 2 is 1.90 bits per heavy atom. The normalized spacial score (nSPS) is 26.1. The number of hydrogen-bond acceptors (Lipinski definition) is 6. The lowest BCUT2D eigenvalue weighted by Crippen LogP contribution is -2.50. The lowest BCUT2D eigenvalue weighted by Gasteiger charge is -2.38. The third-order valence-electron chi connectivity index (χ3n) is 6.87. The van der Waals surface area contributed by atoms with E-state index in [1.165, 1.54) is 0 Å². The molecule has 2 N–H and O–H groups in total. The fraction of sp³-hybridized carbons (Fsp3) is 0.773. The number of aliphatic hydroxyl groups is 1. The van der Waals surface area contributed by atoms with Gasteiger partial charge in [0.05, 0.1) is 5.60 Å². The number of nitrogens with zero attached hydrogens (tertiary/aromatic N) is 3. The van der Waals surface area contributed by atoms with Gasteiger partial charge < -0.3 is 24.7 Å². The molecule has 0 unspecified atom stereocenters. The quantitative estimate of drug-likeness (QED) is 0.769. The van der Waals surface area contributed by atoms with Gasteiger partial charge in [0.1, 0.15) is 5.76 Å². The molecule has 1 aliphatic carbocycles. The highest BCUT2D eigenvalue weighted by atomic mass is 16.5. The van der Waals surface area contributed by atoms with Gasteiger partial charge in [-0.15, -0.1) is 0 Å². The second-order valence-corrected chi connectivity index (χ2v) is 9.26. The van der Waals surface area contributed by atoms with E-state index in [9.17, 15) is 14.7 Å². The molecule has 0 radical (unpaired) electrons. The van der Waals surface area contributed by atoms with E-state index in [2.05, 4.69) is 15.4 Å². The molecule has 3 heterocycles. The van der Waals surface area contributed by atoms with Gasteiger partial charge in [-0.25, -0.2) is 0 Å². The smallest absolute Gasteiger partial charge is 0.276 e.